The Morgan fingerprint density at radius 3 is 2.74 bits per heavy atom. The number of ketones is 1. The maximum Gasteiger partial charge on any atom is 0.187 e. The molecule has 0 saturated carbocycles. The minimum atomic E-state index is -0.981. The van der Waals surface area contributed by atoms with Crippen molar-refractivity contribution in [2.24, 2.45) is 0 Å². The van der Waals surface area contributed by atoms with Crippen LogP contribution in [0.15, 0.2) is 23.6 Å². The summed E-state index contributed by atoms with van der Waals surface area (Å²) in [7, 11) is 0. The minimum Gasteiger partial charge on any atom is -0.369 e. The molecule has 1 fully saturated rings. The SMILES string of the molecule is Cc1csc(C(C#N)C(=O)c2ccc(N3CCCC3)c(F)c2)n1. The Hall–Kier alpha value is -2.26. The monoisotopic (exact) mass is 329 g/mol. The van der Waals surface area contributed by atoms with E-state index in [9.17, 15) is 14.4 Å². The van der Waals surface area contributed by atoms with Crippen LogP contribution in [0.4, 0.5) is 10.1 Å². The Morgan fingerprint density at radius 2 is 2.17 bits per heavy atom. The standard InChI is InChI=1S/C17H16FN3OS/c1-11-10-23-17(20-11)13(9-19)16(22)12-4-5-15(14(18)8-12)21-6-2-3-7-21/h4-5,8,10,13H,2-3,6-7H2,1H3. The van der Waals surface area contributed by atoms with E-state index in [-0.39, 0.29) is 5.56 Å². The number of carbonyl (C=O) groups is 1. The molecule has 1 aliphatic rings. The van der Waals surface area contributed by atoms with Gasteiger partial charge < -0.3 is 4.90 Å². The number of hydrogen-bond donors (Lipinski definition) is 0. The number of thiazole rings is 1. The smallest absolute Gasteiger partial charge is 0.187 e. The van der Waals surface area contributed by atoms with Gasteiger partial charge in [0.15, 0.2) is 11.7 Å². The fraction of sp³-hybridized carbons (Fsp3) is 0.353. The predicted octanol–water partition coefficient (Wildman–Crippen LogP) is 3.68. The van der Waals surface area contributed by atoms with E-state index < -0.39 is 17.5 Å². The highest BCUT2D eigenvalue weighted by Gasteiger charge is 2.26. The van der Waals surface area contributed by atoms with Crippen molar-refractivity contribution in [1.29, 1.82) is 5.26 Å². The Morgan fingerprint density at radius 1 is 1.43 bits per heavy atom. The average Bonchev–Trinajstić information content (AvgIpc) is 3.20. The molecule has 3 rings (SSSR count). The third-order valence-electron chi connectivity index (χ3n) is 3.95. The lowest BCUT2D eigenvalue weighted by molar-refractivity contribution is 0.0978. The average molecular weight is 329 g/mol. The predicted molar refractivity (Wildman–Crippen MR) is 87.4 cm³/mol. The van der Waals surface area contributed by atoms with Gasteiger partial charge in [0, 0.05) is 29.7 Å². The Labute approximate surface area is 138 Å². The van der Waals surface area contributed by atoms with Gasteiger partial charge in [-0.2, -0.15) is 5.26 Å². The highest BCUT2D eigenvalue weighted by molar-refractivity contribution is 7.10. The van der Waals surface area contributed by atoms with Crippen molar-refractivity contribution in [2.75, 3.05) is 18.0 Å². The molecule has 0 amide bonds. The normalized spacial score (nSPS) is 15.4. The second kappa shape index (κ2) is 6.47. The molecule has 1 atom stereocenters. The molecular formula is C17H16FN3OS. The fourth-order valence-electron chi connectivity index (χ4n) is 2.77. The van der Waals surface area contributed by atoms with Crippen LogP contribution in [-0.4, -0.2) is 23.9 Å². The maximum absolute atomic E-state index is 14.3. The van der Waals surface area contributed by atoms with Gasteiger partial charge in [0.2, 0.25) is 0 Å². The third kappa shape index (κ3) is 3.10. The van der Waals surface area contributed by atoms with Crippen molar-refractivity contribution in [3.63, 3.8) is 0 Å². The lowest BCUT2D eigenvalue weighted by atomic mass is 9.99. The van der Waals surface area contributed by atoms with E-state index in [1.54, 1.807) is 17.5 Å². The summed E-state index contributed by atoms with van der Waals surface area (Å²) in [5.74, 6) is -1.80. The van der Waals surface area contributed by atoms with Crippen LogP contribution in [-0.2, 0) is 0 Å². The second-order valence-corrected chi connectivity index (χ2v) is 6.50. The van der Waals surface area contributed by atoms with Crippen molar-refractivity contribution in [3.05, 3.63) is 45.7 Å². The first-order chi connectivity index (χ1) is 11.1. The van der Waals surface area contributed by atoms with Gasteiger partial charge >= 0.3 is 0 Å². The van der Waals surface area contributed by atoms with Crippen LogP contribution < -0.4 is 4.90 Å². The molecule has 1 aromatic heterocycles. The number of hydrogen-bond acceptors (Lipinski definition) is 5. The second-order valence-electron chi connectivity index (χ2n) is 5.61. The summed E-state index contributed by atoms with van der Waals surface area (Å²) in [6, 6.07) is 6.46. The summed E-state index contributed by atoms with van der Waals surface area (Å²) in [6.07, 6.45) is 2.11. The molecule has 1 aromatic carbocycles. The molecule has 1 saturated heterocycles. The largest absolute Gasteiger partial charge is 0.369 e. The molecule has 1 aliphatic heterocycles. The van der Waals surface area contributed by atoms with E-state index in [1.165, 1.54) is 17.4 Å². The van der Waals surface area contributed by atoms with Crippen molar-refractivity contribution in [2.45, 2.75) is 25.7 Å². The first-order valence-electron chi connectivity index (χ1n) is 7.50. The van der Waals surface area contributed by atoms with E-state index in [0.29, 0.717) is 10.7 Å². The number of halogens is 1. The summed E-state index contributed by atoms with van der Waals surface area (Å²) in [6.45, 7) is 3.48. The van der Waals surface area contributed by atoms with E-state index in [1.807, 2.05) is 17.9 Å². The van der Waals surface area contributed by atoms with E-state index in [4.69, 9.17) is 0 Å². The van der Waals surface area contributed by atoms with Crippen LogP contribution in [0.2, 0.25) is 0 Å². The molecule has 4 nitrogen and oxygen atoms in total. The highest BCUT2D eigenvalue weighted by Crippen LogP contribution is 2.28. The van der Waals surface area contributed by atoms with E-state index in [2.05, 4.69) is 4.98 Å². The summed E-state index contributed by atoms with van der Waals surface area (Å²) < 4.78 is 14.3. The Kier molecular flexibility index (Phi) is 4.39. The zero-order valence-corrected chi connectivity index (χ0v) is 13.6. The first kappa shape index (κ1) is 15.6. The van der Waals surface area contributed by atoms with Gasteiger partial charge in [-0.15, -0.1) is 11.3 Å². The number of anilines is 1. The van der Waals surface area contributed by atoms with Gasteiger partial charge in [0.25, 0.3) is 0 Å². The quantitative estimate of drug-likeness (QED) is 0.803. The Bertz CT molecular complexity index is 774. The summed E-state index contributed by atoms with van der Waals surface area (Å²) in [5.41, 5.74) is 1.51. The Balaban J connectivity index is 1.87. The minimum absolute atomic E-state index is 0.213. The van der Waals surface area contributed by atoms with Crippen LogP contribution in [0.3, 0.4) is 0 Å². The summed E-state index contributed by atoms with van der Waals surface area (Å²) in [4.78, 5) is 18.7. The van der Waals surface area contributed by atoms with E-state index in [0.717, 1.165) is 31.6 Å². The molecule has 118 valence electrons. The fourth-order valence-corrected chi connectivity index (χ4v) is 3.61. The van der Waals surface area contributed by atoms with Crippen LogP contribution in [0.5, 0.6) is 0 Å². The molecule has 6 heteroatoms. The molecule has 2 heterocycles. The van der Waals surface area contributed by atoms with Crippen molar-refractivity contribution >= 4 is 22.8 Å². The zero-order chi connectivity index (χ0) is 16.4. The summed E-state index contributed by atoms with van der Waals surface area (Å²) >= 11 is 1.28. The number of nitrogens with zero attached hydrogens (tertiary/aromatic N) is 3. The van der Waals surface area contributed by atoms with Crippen molar-refractivity contribution < 1.29 is 9.18 Å². The van der Waals surface area contributed by atoms with Gasteiger partial charge in [0.05, 0.1) is 11.8 Å². The maximum atomic E-state index is 14.3. The number of benzene rings is 1. The third-order valence-corrected chi connectivity index (χ3v) is 4.98. The van der Waals surface area contributed by atoms with Crippen LogP contribution in [0.25, 0.3) is 0 Å². The molecule has 23 heavy (non-hydrogen) atoms. The van der Waals surface area contributed by atoms with E-state index >= 15 is 0 Å². The molecule has 0 radical (unpaired) electrons. The molecule has 0 N–H and O–H groups in total. The number of rotatable bonds is 4. The highest BCUT2D eigenvalue weighted by atomic mass is 32.1. The number of carbonyl (C=O) groups excluding carboxylic acids is 1. The molecule has 1 unspecified atom stereocenters. The lowest BCUT2D eigenvalue weighted by Gasteiger charge is -2.18. The zero-order valence-electron chi connectivity index (χ0n) is 12.8. The van der Waals surface area contributed by atoms with Gasteiger partial charge in [-0.1, -0.05) is 0 Å². The lowest BCUT2D eigenvalue weighted by Crippen LogP contribution is -2.19. The number of nitriles is 1. The molecule has 0 bridgehead atoms. The van der Waals surface area contributed by atoms with Gasteiger partial charge in [-0.3, -0.25) is 4.79 Å². The van der Waals surface area contributed by atoms with Crippen LogP contribution in [0.1, 0.15) is 39.8 Å². The van der Waals surface area contributed by atoms with Crippen molar-refractivity contribution in [1.82, 2.24) is 4.98 Å². The summed E-state index contributed by atoms with van der Waals surface area (Å²) in [5, 5.41) is 11.6. The number of aryl methyl sites for hydroxylation is 1. The van der Waals surface area contributed by atoms with Crippen LogP contribution in [0, 0.1) is 24.1 Å². The van der Waals surface area contributed by atoms with Gasteiger partial charge in [-0.05, 0) is 38.0 Å². The van der Waals surface area contributed by atoms with Crippen LogP contribution >= 0.6 is 11.3 Å². The molecular weight excluding hydrogens is 313 g/mol. The molecule has 2 aromatic rings. The van der Waals surface area contributed by atoms with Gasteiger partial charge in [0.1, 0.15) is 10.8 Å². The molecule has 0 spiro atoms. The first-order valence-corrected chi connectivity index (χ1v) is 8.38. The topological polar surface area (TPSA) is 57.0 Å². The number of Topliss-reactive ketones (excluding diaryl/α,β-unsaturated/α-hetero) is 1. The number of aromatic nitrogens is 1. The van der Waals surface area contributed by atoms with Crippen molar-refractivity contribution in [3.8, 4) is 6.07 Å². The van der Waals surface area contributed by atoms with Gasteiger partial charge in [-0.25, -0.2) is 9.37 Å². The molecule has 0 aliphatic carbocycles.